The van der Waals surface area contributed by atoms with E-state index >= 15 is 0 Å². The molecule has 1 amide bonds. The van der Waals surface area contributed by atoms with Crippen LogP contribution in [-0.2, 0) is 10.8 Å². The van der Waals surface area contributed by atoms with Crippen LogP contribution < -0.4 is 11.1 Å². The SMILES string of the molecule is Cc1ccc(C#CCN)cc1C(=O)NCCS(C)=O. The lowest BCUT2D eigenvalue weighted by Crippen LogP contribution is -2.28. The average molecular weight is 278 g/mol. The van der Waals surface area contributed by atoms with Crippen molar-refractivity contribution in [2.45, 2.75) is 6.92 Å². The topological polar surface area (TPSA) is 72.2 Å². The maximum atomic E-state index is 12.0. The molecular weight excluding hydrogens is 260 g/mol. The zero-order chi connectivity index (χ0) is 14.3. The average Bonchev–Trinajstić information content (AvgIpc) is 2.37. The second-order valence-corrected chi connectivity index (χ2v) is 5.62. The van der Waals surface area contributed by atoms with Gasteiger partial charge < -0.3 is 11.1 Å². The number of carbonyl (C=O) groups excluding carboxylic acids is 1. The minimum Gasteiger partial charge on any atom is -0.351 e. The Morgan fingerprint density at radius 1 is 1.47 bits per heavy atom. The summed E-state index contributed by atoms with van der Waals surface area (Å²) in [6.07, 6.45) is 1.61. The van der Waals surface area contributed by atoms with E-state index in [1.165, 1.54) is 0 Å². The van der Waals surface area contributed by atoms with Gasteiger partial charge in [0.2, 0.25) is 0 Å². The summed E-state index contributed by atoms with van der Waals surface area (Å²) in [7, 11) is -0.903. The molecule has 1 aromatic carbocycles. The van der Waals surface area contributed by atoms with Crippen molar-refractivity contribution in [3.05, 3.63) is 34.9 Å². The van der Waals surface area contributed by atoms with Gasteiger partial charge in [-0.15, -0.1) is 0 Å². The highest BCUT2D eigenvalue weighted by Crippen LogP contribution is 2.10. The molecule has 0 bridgehead atoms. The fraction of sp³-hybridized carbons (Fsp3) is 0.357. The number of hydrogen-bond donors (Lipinski definition) is 2. The summed E-state index contributed by atoms with van der Waals surface area (Å²) in [6.45, 7) is 2.56. The maximum Gasteiger partial charge on any atom is 0.251 e. The minimum atomic E-state index is -0.903. The Morgan fingerprint density at radius 2 is 2.21 bits per heavy atom. The monoisotopic (exact) mass is 278 g/mol. The van der Waals surface area contributed by atoms with Crippen LogP contribution in [0.25, 0.3) is 0 Å². The molecule has 4 nitrogen and oxygen atoms in total. The van der Waals surface area contributed by atoms with E-state index < -0.39 is 10.8 Å². The van der Waals surface area contributed by atoms with Crippen molar-refractivity contribution in [1.29, 1.82) is 0 Å². The molecule has 0 aromatic heterocycles. The number of aryl methyl sites for hydroxylation is 1. The van der Waals surface area contributed by atoms with Gasteiger partial charge in [0.05, 0.1) is 6.54 Å². The van der Waals surface area contributed by atoms with Gasteiger partial charge in [-0.05, 0) is 24.6 Å². The number of hydrogen-bond acceptors (Lipinski definition) is 3. The summed E-state index contributed by atoms with van der Waals surface area (Å²) >= 11 is 0. The van der Waals surface area contributed by atoms with Crippen LogP contribution in [0.5, 0.6) is 0 Å². The molecule has 1 unspecified atom stereocenters. The molecule has 19 heavy (non-hydrogen) atoms. The number of nitrogens with two attached hydrogens (primary N) is 1. The Balaban J connectivity index is 2.80. The van der Waals surface area contributed by atoms with Crippen molar-refractivity contribution in [1.82, 2.24) is 5.32 Å². The van der Waals surface area contributed by atoms with Gasteiger partial charge in [0.15, 0.2) is 0 Å². The number of benzene rings is 1. The summed E-state index contributed by atoms with van der Waals surface area (Å²) < 4.78 is 10.9. The molecule has 0 aliphatic rings. The van der Waals surface area contributed by atoms with E-state index in [1.807, 2.05) is 19.1 Å². The molecule has 1 atom stereocenters. The smallest absolute Gasteiger partial charge is 0.251 e. The second kappa shape index (κ2) is 7.72. The van der Waals surface area contributed by atoms with Crippen molar-refractivity contribution in [2.75, 3.05) is 25.1 Å². The molecule has 1 rings (SSSR count). The van der Waals surface area contributed by atoms with E-state index in [-0.39, 0.29) is 12.5 Å². The molecule has 0 saturated carbocycles. The van der Waals surface area contributed by atoms with E-state index in [0.29, 0.717) is 17.9 Å². The van der Waals surface area contributed by atoms with Gasteiger partial charge in [-0.25, -0.2) is 0 Å². The van der Waals surface area contributed by atoms with E-state index in [0.717, 1.165) is 11.1 Å². The summed E-state index contributed by atoms with van der Waals surface area (Å²) in [5, 5.41) is 2.75. The third kappa shape index (κ3) is 5.25. The molecule has 0 heterocycles. The summed E-state index contributed by atoms with van der Waals surface area (Å²) in [5.74, 6) is 5.94. The molecule has 0 saturated heterocycles. The Morgan fingerprint density at radius 3 is 2.84 bits per heavy atom. The van der Waals surface area contributed by atoms with Crippen LogP contribution in [-0.4, -0.2) is 35.2 Å². The molecule has 0 radical (unpaired) electrons. The standard InChI is InChI=1S/C14H18N2O2S/c1-11-5-6-12(4-3-7-15)10-13(11)14(17)16-8-9-19(2)18/h5-6,10H,7-9,15H2,1-2H3,(H,16,17). The first kappa shape index (κ1) is 15.4. The van der Waals surface area contributed by atoms with Crippen LogP contribution in [0.3, 0.4) is 0 Å². The fourth-order valence-electron chi connectivity index (χ4n) is 1.50. The first-order valence-electron chi connectivity index (χ1n) is 5.92. The van der Waals surface area contributed by atoms with Crippen molar-refractivity contribution in [3.8, 4) is 11.8 Å². The number of nitrogens with one attached hydrogen (secondary N) is 1. The molecule has 0 aliphatic carbocycles. The van der Waals surface area contributed by atoms with E-state index in [9.17, 15) is 9.00 Å². The third-order valence-electron chi connectivity index (χ3n) is 2.49. The van der Waals surface area contributed by atoms with Gasteiger partial charge in [0.25, 0.3) is 5.91 Å². The van der Waals surface area contributed by atoms with Gasteiger partial charge in [-0.2, -0.15) is 0 Å². The van der Waals surface area contributed by atoms with Crippen LogP contribution in [0.1, 0.15) is 21.5 Å². The highest BCUT2D eigenvalue weighted by molar-refractivity contribution is 7.84. The Hall–Kier alpha value is -1.64. The predicted molar refractivity (Wildman–Crippen MR) is 78.4 cm³/mol. The summed E-state index contributed by atoms with van der Waals surface area (Å²) in [6, 6.07) is 5.46. The third-order valence-corrected chi connectivity index (χ3v) is 3.27. The van der Waals surface area contributed by atoms with Gasteiger partial charge in [0.1, 0.15) is 0 Å². The minimum absolute atomic E-state index is 0.167. The van der Waals surface area contributed by atoms with Gasteiger partial charge >= 0.3 is 0 Å². The van der Waals surface area contributed by atoms with Gasteiger partial charge in [-0.3, -0.25) is 9.00 Å². The van der Waals surface area contributed by atoms with E-state index in [2.05, 4.69) is 17.2 Å². The molecule has 0 aliphatic heterocycles. The molecule has 0 fully saturated rings. The zero-order valence-corrected chi connectivity index (χ0v) is 12.0. The highest BCUT2D eigenvalue weighted by atomic mass is 32.2. The van der Waals surface area contributed by atoms with Crippen molar-refractivity contribution >= 4 is 16.7 Å². The Labute approximate surface area is 116 Å². The molecule has 1 aromatic rings. The van der Waals surface area contributed by atoms with E-state index in [1.54, 1.807) is 12.3 Å². The molecule has 5 heteroatoms. The lowest BCUT2D eigenvalue weighted by Gasteiger charge is -2.07. The maximum absolute atomic E-state index is 12.0. The van der Waals surface area contributed by atoms with Crippen LogP contribution in [0.15, 0.2) is 18.2 Å². The molecule has 102 valence electrons. The van der Waals surface area contributed by atoms with Crippen molar-refractivity contribution < 1.29 is 9.00 Å². The number of rotatable bonds is 4. The predicted octanol–water partition coefficient (Wildman–Crippen LogP) is 0.414. The molecular formula is C14H18N2O2S. The summed E-state index contributed by atoms with van der Waals surface area (Å²) in [5.41, 5.74) is 7.55. The molecule has 0 spiro atoms. The molecule has 3 N–H and O–H groups in total. The van der Waals surface area contributed by atoms with Gasteiger partial charge in [0, 0.05) is 40.5 Å². The lowest BCUT2D eigenvalue weighted by molar-refractivity contribution is 0.0955. The zero-order valence-electron chi connectivity index (χ0n) is 11.2. The largest absolute Gasteiger partial charge is 0.351 e. The Bertz CT molecular complexity index is 544. The van der Waals surface area contributed by atoms with Crippen LogP contribution in [0, 0.1) is 18.8 Å². The Kier molecular flexibility index (Phi) is 6.26. The fourth-order valence-corrected chi connectivity index (χ4v) is 1.89. The normalized spacial score (nSPS) is 11.3. The number of carbonyl (C=O) groups is 1. The number of amides is 1. The first-order chi connectivity index (χ1) is 9.04. The van der Waals surface area contributed by atoms with Crippen molar-refractivity contribution in [2.24, 2.45) is 5.73 Å². The van der Waals surface area contributed by atoms with Crippen LogP contribution in [0.2, 0.25) is 0 Å². The van der Waals surface area contributed by atoms with Crippen LogP contribution >= 0.6 is 0 Å². The van der Waals surface area contributed by atoms with Crippen LogP contribution in [0.4, 0.5) is 0 Å². The summed E-state index contributed by atoms with van der Waals surface area (Å²) in [4.78, 5) is 12.0. The highest BCUT2D eigenvalue weighted by Gasteiger charge is 2.09. The van der Waals surface area contributed by atoms with E-state index in [4.69, 9.17) is 5.73 Å². The van der Waals surface area contributed by atoms with Crippen molar-refractivity contribution in [3.63, 3.8) is 0 Å². The lowest BCUT2D eigenvalue weighted by atomic mass is 10.0. The quantitative estimate of drug-likeness (QED) is 0.784. The van der Waals surface area contributed by atoms with Gasteiger partial charge in [-0.1, -0.05) is 17.9 Å². The first-order valence-corrected chi connectivity index (χ1v) is 7.65. The second-order valence-electron chi connectivity index (χ2n) is 4.07.